The monoisotopic (exact) mass is 461 g/mol. The van der Waals surface area contributed by atoms with Crippen LogP contribution in [-0.2, 0) is 16.1 Å². The Morgan fingerprint density at radius 1 is 0.771 bits per heavy atom. The number of aryl methyl sites for hydroxylation is 1. The molecule has 1 aromatic heterocycles. The number of carbonyl (C=O) groups excluding carboxylic acids is 1. The predicted octanol–water partition coefficient (Wildman–Crippen LogP) is 6.88. The lowest BCUT2D eigenvalue weighted by atomic mass is 10.0. The van der Waals surface area contributed by atoms with E-state index in [1.54, 1.807) is 0 Å². The molecule has 0 atom stereocenters. The SMILES string of the molecule is COC(=O)COc1ccc(-c2ccc3c(c2)c(C)c(-c2ccccc2)n3Cc2ccccc2)cc1. The average Bonchev–Trinajstić information content (AvgIpc) is 3.19. The van der Waals surface area contributed by atoms with Crippen LogP contribution in [0.1, 0.15) is 11.1 Å². The second-order valence-electron chi connectivity index (χ2n) is 8.53. The van der Waals surface area contributed by atoms with Crippen molar-refractivity contribution in [3.63, 3.8) is 0 Å². The molecular weight excluding hydrogens is 434 g/mol. The molecular formula is C31H27NO3. The van der Waals surface area contributed by atoms with E-state index < -0.39 is 5.97 Å². The molecule has 4 heteroatoms. The molecule has 5 aromatic rings. The second-order valence-corrected chi connectivity index (χ2v) is 8.53. The van der Waals surface area contributed by atoms with Crippen LogP contribution in [-0.4, -0.2) is 24.3 Å². The summed E-state index contributed by atoms with van der Waals surface area (Å²) in [7, 11) is 1.35. The Morgan fingerprint density at radius 3 is 2.11 bits per heavy atom. The van der Waals surface area contributed by atoms with Gasteiger partial charge in [-0.2, -0.15) is 0 Å². The van der Waals surface area contributed by atoms with E-state index in [2.05, 4.69) is 95.1 Å². The van der Waals surface area contributed by atoms with E-state index in [9.17, 15) is 4.79 Å². The maximum Gasteiger partial charge on any atom is 0.343 e. The fourth-order valence-electron chi connectivity index (χ4n) is 4.55. The van der Waals surface area contributed by atoms with Crippen LogP contribution in [0.3, 0.4) is 0 Å². The highest BCUT2D eigenvalue weighted by atomic mass is 16.6. The molecule has 0 bridgehead atoms. The standard InChI is InChI=1S/C31H27NO3/c1-22-28-19-26(24-13-16-27(17-14-24)35-21-30(33)34-2)15-18-29(28)32(20-23-9-5-3-6-10-23)31(22)25-11-7-4-8-12-25/h3-19H,20-21H2,1-2H3. The van der Waals surface area contributed by atoms with Crippen LogP contribution in [0.2, 0.25) is 0 Å². The van der Waals surface area contributed by atoms with Crippen molar-refractivity contribution in [3.8, 4) is 28.1 Å². The molecule has 5 rings (SSSR count). The van der Waals surface area contributed by atoms with Crippen LogP contribution < -0.4 is 4.74 Å². The van der Waals surface area contributed by atoms with Gasteiger partial charge in [0.25, 0.3) is 0 Å². The summed E-state index contributed by atoms with van der Waals surface area (Å²) < 4.78 is 12.5. The Kier molecular flexibility index (Phi) is 6.36. The summed E-state index contributed by atoms with van der Waals surface area (Å²) in [6.07, 6.45) is 0. The van der Waals surface area contributed by atoms with Crippen LogP contribution >= 0.6 is 0 Å². The summed E-state index contributed by atoms with van der Waals surface area (Å²) in [5.41, 5.74) is 8.44. The van der Waals surface area contributed by atoms with Gasteiger partial charge in [-0.25, -0.2) is 4.79 Å². The molecule has 4 aromatic carbocycles. The number of hydrogen-bond acceptors (Lipinski definition) is 3. The first-order chi connectivity index (χ1) is 17.1. The Morgan fingerprint density at radius 2 is 1.43 bits per heavy atom. The molecule has 0 amide bonds. The third-order valence-corrected chi connectivity index (χ3v) is 6.32. The second kappa shape index (κ2) is 9.90. The topological polar surface area (TPSA) is 40.5 Å². The van der Waals surface area contributed by atoms with Crippen LogP contribution in [0.25, 0.3) is 33.3 Å². The van der Waals surface area contributed by atoms with Gasteiger partial charge in [0.15, 0.2) is 6.61 Å². The minimum atomic E-state index is -0.399. The number of aromatic nitrogens is 1. The van der Waals surface area contributed by atoms with Gasteiger partial charge in [-0.15, -0.1) is 0 Å². The normalized spacial score (nSPS) is 10.9. The first-order valence-corrected chi connectivity index (χ1v) is 11.7. The number of methoxy groups -OCH3 is 1. The van der Waals surface area contributed by atoms with E-state index in [0.717, 1.165) is 17.7 Å². The molecule has 0 N–H and O–H groups in total. The van der Waals surface area contributed by atoms with Gasteiger partial charge in [0.2, 0.25) is 0 Å². The van der Waals surface area contributed by atoms with Gasteiger partial charge in [-0.05, 0) is 59.0 Å². The van der Waals surface area contributed by atoms with E-state index in [1.165, 1.54) is 40.4 Å². The quantitative estimate of drug-likeness (QED) is 0.248. The van der Waals surface area contributed by atoms with Crippen molar-refractivity contribution in [3.05, 3.63) is 114 Å². The summed E-state index contributed by atoms with van der Waals surface area (Å²) >= 11 is 0. The summed E-state index contributed by atoms with van der Waals surface area (Å²) in [4.78, 5) is 11.3. The Hall–Kier alpha value is -4.31. The molecule has 0 aliphatic rings. The summed E-state index contributed by atoms with van der Waals surface area (Å²) in [6.45, 7) is 2.92. The van der Waals surface area contributed by atoms with Crippen LogP contribution in [0, 0.1) is 6.92 Å². The highest BCUT2D eigenvalue weighted by molar-refractivity contribution is 5.94. The third kappa shape index (κ3) is 4.69. The van der Waals surface area contributed by atoms with Gasteiger partial charge in [-0.1, -0.05) is 78.9 Å². The Labute approximate surface area is 205 Å². The van der Waals surface area contributed by atoms with E-state index in [-0.39, 0.29) is 6.61 Å². The fraction of sp³-hybridized carbons (Fsp3) is 0.129. The molecule has 1 heterocycles. The number of nitrogens with zero attached hydrogens (tertiary/aromatic N) is 1. The lowest BCUT2D eigenvalue weighted by molar-refractivity contribution is -0.142. The van der Waals surface area contributed by atoms with Crippen molar-refractivity contribution >= 4 is 16.9 Å². The van der Waals surface area contributed by atoms with Crippen molar-refractivity contribution in [2.45, 2.75) is 13.5 Å². The number of esters is 1. The predicted molar refractivity (Wildman–Crippen MR) is 141 cm³/mol. The molecule has 35 heavy (non-hydrogen) atoms. The minimum absolute atomic E-state index is 0.0990. The number of hydrogen-bond donors (Lipinski definition) is 0. The number of benzene rings is 4. The summed E-state index contributed by atoms with van der Waals surface area (Å²) in [6, 6.07) is 35.6. The van der Waals surface area contributed by atoms with Crippen molar-refractivity contribution in [2.24, 2.45) is 0 Å². The van der Waals surface area contributed by atoms with Crippen LogP contribution in [0.4, 0.5) is 0 Å². The molecule has 0 unspecified atom stereocenters. The first kappa shape index (κ1) is 22.5. The molecule has 4 nitrogen and oxygen atoms in total. The molecule has 0 radical (unpaired) electrons. The first-order valence-electron chi connectivity index (χ1n) is 11.7. The maximum atomic E-state index is 11.3. The highest BCUT2D eigenvalue weighted by Gasteiger charge is 2.17. The fourth-order valence-corrected chi connectivity index (χ4v) is 4.55. The lowest BCUT2D eigenvalue weighted by Crippen LogP contribution is -2.12. The Bertz CT molecular complexity index is 1450. The molecule has 0 fully saturated rings. The van der Waals surface area contributed by atoms with E-state index in [1.807, 2.05) is 24.3 Å². The molecule has 174 valence electrons. The number of fused-ring (bicyclic) bond motifs is 1. The van der Waals surface area contributed by atoms with Crippen molar-refractivity contribution in [1.29, 1.82) is 0 Å². The zero-order chi connectivity index (χ0) is 24.2. The van der Waals surface area contributed by atoms with E-state index in [0.29, 0.717) is 5.75 Å². The largest absolute Gasteiger partial charge is 0.482 e. The van der Waals surface area contributed by atoms with Gasteiger partial charge in [0, 0.05) is 17.4 Å². The summed E-state index contributed by atoms with van der Waals surface area (Å²) in [5.74, 6) is 0.237. The lowest BCUT2D eigenvalue weighted by Gasteiger charge is -2.12. The molecule has 0 saturated carbocycles. The summed E-state index contributed by atoms with van der Waals surface area (Å²) in [5, 5.41) is 1.24. The molecule has 0 spiro atoms. The average molecular weight is 462 g/mol. The van der Waals surface area contributed by atoms with Crippen molar-refractivity contribution < 1.29 is 14.3 Å². The number of rotatable bonds is 7. The molecule has 0 aliphatic carbocycles. The number of carbonyl (C=O) groups is 1. The zero-order valence-electron chi connectivity index (χ0n) is 19.9. The maximum absolute atomic E-state index is 11.3. The number of ether oxygens (including phenoxy) is 2. The van der Waals surface area contributed by atoms with Gasteiger partial charge in [0.05, 0.1) is 12.8 Å². The van der Waals surface area contributed by atoms with E-state index >= 15 is 0 Å². The third-order valence-electron chi connectivity index (χ3n) is 6.32. The van der Waals surface area contributed by atoms with Gasteiger partial charge >= 0.3 is 5.97 Å². The smallest absolute Gasteiger partial charge is 0.343 e. The molecule has 0 aliphatic heterocycles. The van der Waals surface area contributed by atoms with Gasteiger partial charge in [-0.3, -0.25) is 0 Å². The Balaban J connectivity index is 1.55. The van der Waals surface area contributed by atoms with Gasteiger partial charge in [0.1, 0.15) is 5.75 Å². The van der Waals surface area contributed by atoms with Gasteiger partial charge < -0.3 is 14.0 Å². The highest BCUT2D eigenvalue weighted by Crippen LogP contribution is 2.36. The zero-order valence-corrected chi connectivity index (χ0v) is 19.9. The molecule has 0 saturated heterocycles. The van der Waals surface area contributed by atoms with Crippen molar-refractivity contribution in [2.75, 3.05) is 13.7 Å². The van der Waals surface area contributed by atoms with E-state index in [4.69, 9.17) is 4.74 Å². The van der Waals surface area contributed by atoms with Crippen molar-refractivity contribution in [1.82, 2.24) is 4.57 Å². The van der Waals surface area contributed by atoms with Crippen LogP contribution in [0.15, 0.2) is 103 Å². The van der Waals surface area contributed by atoms with Crippen LogP contribution in [0.5, 0.6) is 5.75 Å². The minimum Gasteiger partial charge on any atom is -0.482 e.